The van der Waals surface area contributed by atoms with Crippen LogP contribution in [0.15, 0.2) is 60.8 Å². The Morgan fingerprint density at radius 3 is 2.16 bits per heavy atom. The molecule has 200 valence electrons. The number of aromatic nitrogens is 2. The number of hydrogen-bond acceptors (Lipinski definition) is 7. The normalized spacial score (nSPS) is 12.3. The molecular weight excluding hydrogens is 492 g/mol. The second kappa shape index (κ2) is 14.7. The van der Waals surface area contributed by atoms with Gasteiger partial charge in [-0.05, 0) is 54.4 Å². The molecule has 0 spiro atoms. The molecule has 3 rings (SSSR count). The maximum absolute atomic E-state index is 10.8. The maximum Gasteiger partial charge on any atom is 0.232 e. The lowest BCUT2D eigenvalue weighted by atomic mass is 9.78. The lowest BCUT2D eigenvalue weighted by Crippen LogP contribution is -2.18. The Kier molecular flexibility index (Phi) is 11.4. The number of nitrogens with one attached hydrogen (secondary N) is 1. The highest BCUT2D eigenvalue weighted by Gasteiger charge is 2.23. The monoisotopic (exact) mass is 528 g/mol. The number of nitrogens with zero attached hydrogens (tertiary/aromatic N) is 2. The van der Waals surface area contributed by atoms with Gasteiger partial charge in [-0.1, -0.05) is 38.1 Å². The fourth-order valence-electron chi connectivity index (χ4n) is 3.63. The van der Waals surface area contributed by atoms with Crippen LogP contribution in [0.2, 0.25) is 0 Å². The number of rotatable bonds is 16. The minimum Gasteiger partial charge on any atom is -0.494 e. The van der Waals surface area contributed by atoms with Gasteiger partial charge in [0.15, 0.2) is 0 Å². The zero-order chi connectivity index (χ0) is 26.5. The van der Waals surface area contributed by atoms with Crippen LogP contribution in [-0.4, -0.2) is 45.1 Å². The fraction of sp³-hybridized carbons (Fsp3) is 0.407. The van der Waals surface area contributed by atoms with E-state index in [2.05, 4.69) is 52.8 Å². The van der Waals surface area contributed by atoms with E-state index in [4.69, 9.17) is 24.5 Å². The first-order chi connectivity index (χ1) is 17.9. The minimum atomic E-state index is -2.11. The van der Waals surface area contributed by atoms with Gasteiger partial charge in [-0.3, -0.25) is 4.55 Å². The van der Waals surface area contributed by atoms with E-state index in [1.54, 1.807) is 12.3 Å². The van der Waals surface area contributed by atoms with Crippen molar-refractivity contribution in [3.63, 3.8) is 0 Å². The van der Waals surface area contributed by atoms with E-state index in [9.17, 15) is 4.21 Å². The quantitative estimate of drug-likeness (QED) is 0.189. The van der Waals surface area contributed by atoms with E-state index in [0.717, 1.165) is 29.9 Å². The van der Waals surface area contributed by atoms with Crippen molar-refractivity contribution in [3.05, 3.63) is 83.4 Å². The van der Waals surface area contributed by atoms with Gasteiger partial charge >= 0.3 is 0 Å². The lowest BCUT2D eigenvalue weighted by Gasteiger charge is -2.26. The molecule has 0 radical (unpaired) electrons. The smallest absolute Gasteiger partial charge is 0.232 e. The van der Waals surface area contributed by atoms with Gasteiger partial charge in [-0.2, -0.15) is 0 Å². The molecular formula is C27H36N4O5S. The van der Waals surface area contributed by atoms with Gasteiger partial charge in [0.1, 0.15) is 23.9 Å². The summed E-state index contributed by atoms with van der Waals surface area (Å²) in [5, 5.41) is 0. The van der Waals surface area contributed by atoms with Gasteiger partial charge in [0.05, 0.1) is 18.8 Å². The molecule has 0 bridgehead atoms. The van der Waals surface area contributed by atoms with Crippen LogP contribution in [0.4, 0.5) is 0 Å². The first kappa shape index (κ1) is 28.7. The third-order valence-electron chi connectivity index (χ3n) is 5.85. The molecule has 0 fully saturated rings. The standard InChI is InChI=1S/C27H36N4O5S/c1-27(2,21-5-9-24(10-6-21)35-18-4-17-34-16-3-14-28)22-7-11-25(12-8-22)36-20-23-13-15-29-26(31-23)19-30-37(32)33/h5-13,15,30H,3-4,14,16-20,28H2,1-2H3,(H,32,33). The molecule has 10 heteroatoms. The van der Waals surface area contributed by atoms with Crippen LogP contribution < -0.4 is 19.9 Å². The van der Waals surface area contributed by atoms with Crippen molar-refractivity contribution in [1.29, 1.82) is 0 Å². The topological polar surface area (TPSA) is 129 Å². The largest absolute Gasteiger partial charge is 0.494 e. The molecule has 9 nitrogen and oxygen atoms in total. The molecule has 4 N–H and O–H groups in total. The number of nitrogens with two attached hydrogens (primary N) is 1. The first-order valence-electron chi connectivity index (χ1n) is 12.3. The Morgan fingerprint density at radius 1 is 0.919 bits per heavy atom. The average Bonchev–Trinajstić information content (AvgIpc) is 2.91. The van der Waals surface area contributed by atoms with E-state index in [1.807, 2.05) is 24.3 Å². The van der Waals surface area contributed by atoms with Crippen LogP contribution >= 0.6 is 0 Å². The van der Waals surface area contributed by atoms with Crippen LogP contribution in [0.1, 0.15) is 49.3 Å². The van der Waals surface area contributed by atoms with E-state index in [1.165, 1.54) is 5.56 Å². The van der Waals surface area contributed by atoms with Gasteiger partial charge in [0.25, 0.3) is 0 Å². The summed E-state index contributed by atoms with van der Waals surface area (Å²) in [4.78, 5) is 8.42. The second-order valence-corrected chi connectivity index (χ2v) is 9.74. The maximum atomic E-state index is 10.8. The Hall–Kier alpha value is -2.89. The molecule has 1 aromatic heterocycles. The highest BCUT2D eigenvalue weighted by atomic mass is 32.2. The predicted molar refractivity (Wildman–Crippen MR) is 144 cm³/mol. The fourth-order valence-corrected chi connectivity index (χ4v) is 3.88. The van der Waals surface area contributed by atoms with E-state index >= 15 is 0 Å². The molecule has 0 aliphatic heterocycles. The van der Waals surface area contributed by atoms with E-state index < -0.39 is 11.3 Å². The number of ether oxygens (including phenoxy) is 3. The molecule has 1 unspecified atom stereocenters. The summed E-state index contributed by atoms with van der Waals surface area (Å²) in [5.74, 6) is 1.99. The van der Waals surface area contributed by atoms with Crippen LogP contribution in [0.5, 0.6) is 11.5 Å². The summed E-state index contributed by atoms with van der Waals surface area (Å²) in [6.45, 7) is 7.38. The van der Waals surface area contributed by atoms with Crippen molar-refractivity contribution in [3.8, 4) is 11.5 Å². The van der Waals surface area contributed by atoms with E-state index in [0.29, 0.717) is 37.9 Å². The molecule has 0 aliphatic rings. The third kappa shape index (κ3) is 9.49. The molecule has 0 saturated heterocycles. The molecule has 1 atom stereocenters. The van der Waals surface area contributed by atoms with Crippen LogP contribution in [-0.2, 0) is 34.6 Å². The van der Waals surface area contributed by atoms with Crippen molar-refractivity contribution in [2.75, 3.05) is 26.4 Å². The zero-order valence-electron chi connectivity index (χ0n) is 21.4. The Morgan fingerprint density at radius 2 is 1.54 bits per heavy atom. The molecule has 2 aromatic carbocycles. The van der Waals surface area contributed by atoms with Crippen LogP contribution in [0, 0.1) is 0 Å². The molecule has 0 aliphatic carbocycles. The molecule has 37 heavy (non-hydrogen) atoms. The van der Waals surface area contributed by atoms with E-state index in [-0.39, 0.29) is 18.6 Å². The van der Waals surface area contributed by atoms with Gasteiger partial charge in [0.2, 0.25) is 11.3 Å². The summed E-state index contributed by atoms with van der Waals surface area (Å²) in [6, 6.07) is 18.0. The first-order valence-corrected chi connectivity index (χ1v) is 13.4. The molecule has 0 amide bonds. The van der Waals surface area contributed by atoms with Crippen molar-refractivity contribution in [2.24, 2.45) is 5.73 Å². The summed E-state index contributed by atoms with van der Waals surface area (Å²) < 4.78 is 39.2. The molecule has 1 heterocycles. The molecule has 3 aromatic rings. The highest BCUT2D eigenvalue weighted by molar-refractivity contribution is 7.77. The number of hydrogen-bond donors (Lipinski definition) is 3. The zero-order valence-corrected chi connectivity index (χ0v) is 22.2. The summed E-state index contributed by atoms with van der Waals surface area (Å²) >= 11 is -2.11. The van der Waals surface area contributed by atoms with Crippen LogP contribution in [0.3, 0.4) is 0 Å². The summed E-state index contributed by atoms with van der Waals surface area (Å²) in [7, 11) is 0. The summed E-state index contributed by atoms with van der Waals surface area (Å²) in [5.41, 5.74) is 8.28. The van der Waals surface area contributed by atoms with Crippen molar-refractivity contribution in [1.82, 2.24) is 14.7 Å². The number of benzene rings is 2. The van der Waals surface area contributed by atoms with Crippen molar-refractivity contribution in [2.45, 2.75) is 45.3 Å². The molecule has 0 saturated carbocycles. The van der Waals surface area contributed by atoms with Crippen molar-refractivity contribution < 1.29 is 23.0 Å². The average molecular weight is 529 g/mol. The summed E-state index contributed by atoms with van der Waals surface area (Å²) in [6.07, 6.45) is 3.33. The Balaban J connectivity index is 1.50. The van der Waals surface area contributed by atoms with Crippen LogP contribution in [0.25, 0.3) is 0 Å². The van der Waals surface area contributed by atoms with Gasteiger partial charge in [-0.15, -0.1) is 0 Å². The SMILES string of the molecule is CC(C)(c1ccc(OCCCOCCCN)cc1)c1ccc(OCc2ccnc(CNS(=O)O)n2)cc1. The Bertz CT molecular complexity index is 1110. The van der Waals surface area contributed by atoms with Gasteiger partial charge in [0, 0.05) is 31.2 Å². The second-order valence-electron chi connectivity index (χ2n) is 8.95. The predicted octanol–water partition coefficient (Wildman–Crippen LogP) is 3.74. The minimum absolute atomic E-state index is 0.0957. The van der Waals surface area contributed by atoms with Gasteiger partial charge in [-0.25, -0.2) is 18.9 Å². The Labute approximate surface area is 221 Å². The third-order valence-corrected chi connectivity index (χ3v) is 6.24. The van der Waals surface area contributed by atoms with Crippen molar-refractivity contribution >= 4 is 11.3 Å². The van der Waals surface area contributed by atoms with Gasteiger partial charge < -0.3 is 19.9 Å². The highest BCUT2D eigenvalue weighted by Crippen LogP contribution is 2.33. The lowest BCUT2D eigenvalue weighted by molar-refractivity contribution is 0.118.